The van der Waals surface area contributed by atoms with Crippen molar-refractivity contribution in [2.24, 2.45) is 0 Å². The Balaban J connectivity index is 1.15. The molecule has 5 aromatic carbocycles. The summed E-state index contributed by atoms with van der Waals surface area (Å²) in [5.74, 6) is -2.59. The van der Waals surface area contributed by atoms with E-state index in [0.29, 0.717) is 101 Å². The number of amides is 4. The third-order valence-electron chi connectivity index (χ3n) is 14.3. The Morgan fingerprint density at radius 3 is 1.10 bits per heavy atom. The molecule has 0 spiro atoms. The van der Waals surface area contributed by atoms with Gasteiger partial charge in [-0.2, -0.15) is 0 Å². The average Bonchev–Trinajstić information content (AvgIpc) is 3.27. The lowest BCUT2D eigenvalue weighted by molar-refractivity contribution is -0.966. The van der Waals surface area contributed by atoms with Gasteiger partial charge in [-0.05, 0) is 56.6 Å². The Morgan fingerprint density at radius 2 is 0.739 bits per heavy atom. The van der Waals surface area contributed by atoms with Gasteiger partial charge in [-0.1, -0.05) is 24.3 Å². The van der Waals surface area contributed by atoms with Crippen LogP contribution in [-0.2, 0) is 28.6 Å². The van der Waals surface area contributed by atoms with Gasteiger partial charge < -0.3 is 32.1 Å². The number of ether oxygens (including phenoxy) is 3. The first kappa shape index (κ1) is 50.8. The van der Waals surface area contributed by atoms with Crippen LogP contribution in [-0.4, -0.2) is 210 Å². The number of rotatable bonds is 23. The second-order valence-corrected chi connectivity index (χ2v) is 21.4. The van der Waals surface area contributed by atoms with Gasteiger partial charge in [0.2, 0.25) is 0 Å². The number of quaternary nitrogens is 4. The minimum Gasteiger partial charge on any atom is -0.460 e. The third-order valence-corrected chi connectivity index (χ3v) is 14.3. The fourth-order valence-corrected chi connectivity index (χ4v) is 10.1. The first-order valence-corrected chi connectivity index (χ1v) is 24.1. The molecule has 2 heterocycles. The molecule has 0 unspecified atom stereocenters. The predicted molar refractivity (Wildman–Crippen MR) is 264 cm³/mol. The Morgan fingerprint density at radius 1 is 0.406 bits per heavy atom. The number of likely N-dealkylation sites (N-methyl/N-ethyl adjacent to an activating group) is 3. The number of esters is 3. The molecule has 0 aromatic heterocycles. The standard InChI is InChI=1S/C53H70N6O10/c1-35(60)67-32-29-58(9,10)27-28-59(30-33-68-36(2)61,31-34-69-37(3)62)24-12-22-55-52(65)44-19-15-40-38-13-17-42-48-43(18-14-39(46(38)48)41-16-20-45(53(55)66)49(44)47(40)41)51(64)54(50(42)63)21-11-23-57(7,8)26-25-56(4,5)6/h13-20H,11-12,21-34H2,1-10H3/q+4. The number of hydrogen-bond acceptors (Lipinski definition) is 10. The second-order valence-electron chi connectivity index (χ2n) is 21.4. The van der Waals surface area contributed by atoms with E-state index in [-0.39, 0.29) is 44.1 Å². The van der Waals surface area contributed by atoms with Gasteiger partial charge in [0, 0.05) is 79.7 Å². The van der Waals surface area contributed by atoms with E-state index in [4.69, 9.17) is 14.2 Å². The topological polar surface area (TPSA) is 154 Å². The zero-order valence-electron chi connectivity index (χ0n) is 42.2. The molecule has 4 amide bonds. The van der Waals surface area contributed by atoms with E-state index in [9.17, 15) is 33.6 Å². The summed E-state index contributed by atoms with van der Waals surface area (Å²) in [6, 6.07) is 14.9. The lowest BCUT2D eigenvalue weighted by Gasteiger charge is -2.41. The number of fused-ring (bicyclic) bond motifs is 2. The first-order chi connectivity index (χ1) is 32.4. The summed E-state index contributed by atoms with van der Waals surface area (Å²) in [5, 5.41) is 6.12. The van der Waals surface area contributed by atoms with Crippen molar-refractivity contribution in [3.05, 3.63) is 70.8 Å². The molecule has 0 saturated carbocycles. The van der Waals surface area contributed by atoms with Crippen LogP contribution < -0.4 is 0 Å². The zero-order chi connectivity index (χ0) is 50.2. The van der Waals surface area contributed by atoms with E-state index in [2.05, 4.69) is 35.2 Å². The number of imide groups is 2. The summed E-state index contributed by atoms with van der Waals surface area (Å²) < 4.78 is 18.6. The Kier molecular flexibility index (Phi) is 14.5. The van der Waals surface area contributed by atoms with Crippen LogP contribution in [0.1, 0.15) is 75.0 Å². The molecule has 16 heteroatoms. The Labute approximate surface area is 404 Å². The maximum atomic E-state index is 14.5. The molecule has 2 aliphatic heterocycles. The molecule has 5 aromatic rings. The van der Waals surface area contributed by atoms with E-state index < -0.39 is 23.8 Å². The zero-order valence-corrected chi connectivity index (χ0v) is 42.2. The van der Waals surface area contributed by atoms with Gasteiger partial charge in [0.1, 0.15) is 65.6 Å². The van der Waals surface area contributed by atoms with Gasteiger partial charge in [0.25, 0.3) is 23.6 Å². The molecular weight excluding hydrogens is 881 g/mol. The van der Waals surface area contributed by atoms with Crippen molar-refractivity contribution in [1.82, 2.24) is 9.80 Å². The molecule has 0 N–H and O–H groups in total. The van der Waals surface area contributed by atoms with Gasteiger partial charge in [-0.15, -0.1) is 0 Å². The van der Waals surface area contributed by atoms with Crippen LogP contribution in [0.15, 0.2) is 48.5 Å². The highest BCUT2D eigenvalue weighted by Gasteiger charge is 2.38. The molecule has 0 radical (unpaired) electrons. The summed E-state index contributed by atoms with van der Waals surface area (Å²) in [7, 11) is 15.0. The monoisotopic (exact) mass is 951 g/mol. The van der Waals surface area contributed by atoms with Crippen LogP contribution >= 0.6 is 0 Å². The molecule has 16 nitrogen and oxygen atoms in total. The Hall–Kier alpha value is -6.07. The largest absolute Gasteiger partial charge is 0.460 e. The third kappa shape index (κ3) is 10.9. The average molecular weight is 951 g/mol. The predicted octanol–water partition coefficient (Wildman–Crippen LogP) is 5.07. The molecule has 2 aliphatic rings. The van der Waals surface area contributed by atoms with Crippen molar-refractivity contribution >= 4 is 84.6 Å². The van der Waals surface area contributed by atoms with Crippen molar-refractivity contribution in [1.29, 1.82) is 0 Å². The lowest BCUT2D eigenvalue weighted by atomic mass is 9.82. The highest BCUT2D eigenvalue weighted by molar-refractivity contribution is 6.41. The van der Waals surface area contributed by atoms with Gasteiger partial charge in [-0.3, -0.25) is 43.4 Å². The number of carbonyl (C=O) groups excluding carboxylic acids is 7. The molecule has 0 saturated heterocycles. The van der Waals surface area contributed by atoms with Crippen molar-refractivity contribution < 1.29 is 65.7 Å². The molecule has 7 rings (SSSR count). The van der Waals surface area contributed by atoms with Gasteiger partial charge in [0.15, 0.2) is 0 Å². The van der Waals surface area contributed by atoms with Crippen LogP contribution in [0.2, 0.25) is 0 Å². The van der Waals surface area contributed by atoms with Gasteiger partial charge in [-0.25, -0.2) is 0 Å². The summed E-state index contributed by atoms with van der Waals surface area (Å²) in [6.07, 6.45) is 1.09. The molecule has 368 valence electrons. The number of carbonyl (C=O) groups is 7. The highest BCUT2D eigenvalue weighted by Crippen LogP contribution is 2.46. The highest BCUT2D eigenvalue weighted by atomic mass is 16.5. The molecule has 0 fully saturated rings. The number of hydrogen-bond donors (Lipinski definition) is 0. The van der Waals surface area contributed by atoms with Crippen LogP contribution in [0.25, 0.3) is 43.1 Å². The van der Waals surface area contributed by atoms with Crippen molar-refractivity contribution in [2.75, 3.05) is 141 Å². The van der Waals surface area contributed by atoms with Gasteiger partial charge >= 0.3 is 17.9 Å². The second kappa shape index (κ2) is 19.7. The fourth-order valence-electron chi connectivity index (χ4n) is 10.1. The summed E-state index contributed by atoms with van der Waals surface area (Å²) in [4.78, 5) is 95.4. The number of nitrogens with zero attached hydrogens (tertiary/aromatic N) is 6. The maximum Gasteiger partial charge on any atom is 0.302 e. The van der Waals surface area contributed by atoms with Crippen LogP contribution in [0.5, 0.6) is 0 Å². The molecular formula is C53H70N6O10+4. The minimum atomic E-state index is -0.415. The fraction of sp³-hybridized carbons (Fsp3) is 0.491. The number of benzene rings is 5. The van der Waals surface area contributed by atoms with E-state index in [0.717, 1.165) is 60.9 Å². The van der Waals surface area contributed by atoms with E-state index in [1.807, 2.05) is 50.5 Å². The molecule has 0 bridgehead atoms. The SMILES string of the molecule is CC(=O)OCC[N+](C)(C)CC[N+](CCCN1C(=O)c2ccc3c4ccc5c6c(ccc(c7ccc(c2c37)C1=O)c64)C(=O)N(CCC[N+](C)(C)CC[N+](C)(C)C)C5=O)(CCOC(C)=O)CCOC(C)=O. The lowest BCUT2D eigenvalue weighted by Crippen LogP contribution is -2.59. The summed E-state index contributed by atoms with van der Waals surface area (Å²) in [5.41, 5.74) is 1.80. The summed E-state index contributed by atoms with van der Waals surface area (Å²) >= 11 is 0. The smallest absolute Gasteiger partial charge is 0.302 e. The molecule has 0 aliphatic carbocycles. The maximum absolute atomic E-state index is 14.5. The van der Waals surface area contributed by atoms with Crippen LogP contribution in [0, 0.1) is 0 Å². The molecule has 69 heavy (non-hydrogen) atoms. The van der Waals surface area contributed by atoms with Crippen molar-refractivity contribution in [3.63, 3.8) is 0 Å². The molecule has 0 atom stereocenters. The summed E-state index contributed by atoms with van der Waals surface area (Å²) in [6.45, 7) is 10.9. The van der Waals surface area contributed by atoms with Gasteiger partial charge in [0.05, 0.1) is 62.4 Å². The first-order valence-electron chi connectivity index (χ1n) is 24.1. The van der Waals surface area contributed by atoms with Crippen molar-refractivity contribution in [3.8, 4) is 0 Å². The van der Waals surface area contributed by atoms with E-state index in [1.165, 1.54) is 30.6 Å². The van der Waals surface area contributed by atoms with E-state index >= 15 is 0 Å². The van der Waals surface area contributed by atoms with E-state index in [1.54, 1.807) is 12.1 Å². The normalized spacial score (nSPS) is 14.5. The van der Waals surface area contributed by atoms with Crippen LogP contribution in [0.3, 0.4) is 0 Å². The minimum absolute atomic E-state index is 0.119. The van der Waals surface area contributed by atoms with Crippen molar-refractivity contribution in [2.45, 2.75) is 33.6 Å². The quantitative estimate of drug-likeness (QED) is 0.0217. The van der Waals surface area contributed by atoms with Crippen LogP contribution in [0.4, 0.5) is 0 Å². The Bertz CT molecular complexity index is 2720.